The molecule has 0 aliphatic carbocycles. The molecule has 0 fully saturated rings. The second-order valence-electron chi connectivity index (χ2n) is 5.10. The third-order valence-corrected chi connectivity index (χ3v) is 3.39. The fourth-order valence-electron chi connectivity index (χ4n) is 2.18. The fraction of sp³-hybridized carbons (Fsp3) is 0.111. The lowest BCUT2D eigenvalue weighted by atomic mass is 10.0. The highest BCUT2D eigenvalue weighted by atomic mass is 16.3. The molecule has 5 heteroatoms. The highest BCUT2D eigenvalue weighted by molar-refractivity contribution is 6.04. The summed E-state index contributed by atoms with van der Waals surface area (Å²) in [6.45, 7) is 3.68. The van der Waals surface area contributed by atoms with E-state index in [0.717, 1.165) is 10.9 Å². The van der Waals surface area contributed by atoms with Crippen LogP contribution in [0.15, 0.2) is 48.3 Å². The number of nitrogen functional groups attached to an aromatic ring is 1. The molecule has 118 valence electrons. The summed E-state index contributed by atoms with van der Waals surface area (Å²) in [6.07, 6.45) is 8.30. The molecule has 0 spiro atoms. The molecule has 1 aromatic carbocycles. The number of aliphatic hydroxyl groups is 1. The van der Waals surface area contributed by atoms with E-state index in [1.165, 1.54) is 0 Å². The lowest BCUT2D eigenvalue weighted by molar-refractivity contribution is 0.0997. The van der Waals surface area contributed by atoms with E-state index in [1.807, 2.05) is 25.1 Å². The van der Waals surface area contributed by atoms with Crippen molar-refractivity contribution in [3.8, 4) is 0 Å². The van der Waals surface area contributed by atoms with Gasteiger partial charge in [0.2, 0.25) is 0 Å². The maximum Gasteiger partial charge on any atom is 0.269 e. The van der Waals surface area contributed by atoms with Crippen molar-refractivity contribution in [1.29, 1.82) is 0 Å². The maximum absolute atomic E-state index is 11.6. The predicted molar refractivity (Wildman–Crippen MR) is 94.0 cm³/mol. The summed E-state index contributed by atoms with van der Waals surface area (Å²) in [7, 11) is 0. The molecule has 0 atom stereocenters. The second kappa shape index (κ2) is 6.79. The SMILES string of the molecule is C/C=C(O)/C=C\C=C\c1c(N)c(C(N)=O)nc2cc(C)ccc12. The van der Waals surface area contributed by atoms with Crippen molar-refractivity contribution in [2.45, 2.75) is 13.8 Å². The smallest absolute Gasteiger partial charge is 0.269 e. The van der Waals surface area contributed by atoms with Crippen LogP contribution in [0.3, 0.4) is 0 Å². The number of primary amides is 1. The number of amides is 1. The van der Waals surface area contributed by atoms with Gasteiger partial charge in [-0.2, -0.15) is 0 Å². The first-order valence-corrected chi connectivity index (χ1v) is 7.13. The van der Waals surface area contributed by atoms with E-state index >= 15 is 0 Å². The Hall–Kier alpha value is -3.08. The third kappa shape index (κ3) is 3.58. The number of nitrogens with two attached hydrogens (primary N) is 2. The molecule has 0 aliphatic heterocycles. The highest BCUT2D eigenvalue weighted by Crippen LogP contribution is 2.27. The van der Waals surface area contributed by atoms with Gasteiger partial charge in [-0.15, -0.1) is 0 Å². The van der Waals surface area contributed by atoms with Crippen LogP contribution in [0.4, 0.5) is 5.69 Å². The summed E-state index contributed by atoms with van der Waals surface area (Å²) < 4.78 is 0. The average molecular weight is 309 g/mol. The van der Waals surface area contributed by atoms with Gasteiger partial charge in [0, 0.05) is 10.9 Å². The molecule has 0 bridgehead atoms. The van der Waals surface area contributed by atoms with Gasteiger partial charge < -0.3 is 16.6 Å². The number of anilines is 1. The van der Waals surface area contributed by atoms with Gasteiger partial charge in [0.1, 0.15) is 5.76 Å². The topological polar surface area (TPSA) is 102 Å². The van der Waals surface area contributed by atoms with Gasteiger partial charge in [0.15, 0.2) is 5.69 Å². The van der Waals surface area contributed by atoms with Gasteiger partial charge in [-0.05, 0) is 37.6 Å². The summed E-state index contributed by atoms with van der Waals surface area (Å²) in [5.74, 6) is -0.502. The number of hydrogen-bond acceptors (Lipinski definition) is 4. The van der Waals surface area contributed by atoms with E-state index in [1.54, 1.807) is 37.3 Å². The molecule has 23 heavy (non-hydrogen) atoms. The standard InChI is InChI=1S/C18H19N3O2/c1-3-12(22)6-4-5-7-14-13-9-8-11(2)10-15(13)21-17(16(14)19)18(20)23/h3-10,22H,19H2,1-2H3,(H2,20,23)/b6-4-,7-5+,12-3-. The minimum Gasteiger partial charge on any atom is -0.508 e. The van der Waals surface area contributed by atoms with Crippen molar-refractivity contribution in [2.24, 2.45) is 5.73 Å². The Bertz CT molecular complexity index is 849. The second-order valence-corrected chi connectivity index (χ2v) is 5.10. The van der Waals surface area contributed by atoms with Crippen LogP contribution in [0.25, 0.3) is 17.0 Å². The van der Waals surface area contributed by atoms with Crippen molar-refractivity contribution in [1.82, 2.24) is 4.98 Å². The van der Waals surface area contributed by atoms with E-state index in [0.29, 0.717) is 11.1 Å². The summed E-state index contributed by atoms with van der Waals surface area (Å²) in [4.78, 5) is 15.8. The van der Waals surface area contributed by atoms with E-state index in [9.17, 15) is 9.90 Å². The summed E-state index contributed by atoms with van der Waals surface area (Å²) in [5, 5.41) is 10.2. The molecule has 5 nitrogen and oxygen atoms in total. The molecule has 5 N–H and O–H groups in total. The van der Waals surface area contributed by atoms with Crippen molar-refractivity contribution in [3.63, 3.8) is 0 Å². The summed E-state index contributed by atoms with van der Waals surface area (Å²) in [6, 6.07) is 5.73. The molecule has 1 heterocycles. The predicted octanol–water partition coefficient (Wildman–Crippen LogP) is 3.26. The Morgan fingerprint density at radius 2 is 2.04 bits per heavy atom. The number of carbonyl (C=O) groups is 1. The molecule has 2 aromatic rings. The minimum absolute atomic E-state index is 0.0584. The number of aryl methyl sites for hydroxylation is 1. The fourth-order valence-corrected chi connectivity index (χ4v) is 2.18. The Morgan fingerprint density at radius 3 is 2.70 bits per heavy atom. The molecule has 0 aliphatic rings. The average Bonchev–Trinajstić information content (AvgIpc) is 2.52. The van der Waals surface area contributed by atoms with E-state index in [-0.39, 0.29) is 17.1 Å². The first-order chi connectivity index (χ1) is 10.9. The van der Waals surface area contributed by atoms with Gasteiger partial charge in [0.25, 0.3) is 5.91 Å². The van der Waals surface area contributed by atoms with Crippen LogP contribution in [0, 0.1) is 6.92 Å². The number of pyridine rings is 1. The number of nitrogens with zero attached hydrogens (tertiary/aromatic N) is 1. The van der Waals surface area contributed by atoms with Gasteiger partial charge in [0.05, 0.1) is 11.2 Å². The van der Waals surface area contributed by atoms with Crippen molar-refractivity contribution in [2.75, 3.05) is 5.73 Å². The Kier molecular flexibility index (Phi) is 4.81. The van der Waals surface area contributed by atoms with Crippen molar-refractivity contribution < 1.29 is 9.90 Å². The van der Waals surface area contributed by atoms with Crippen LogP contribution in [0.5, 0.6) is 0 Å². The zero-order valence-corrected chi connectivity index (χ0v) is 13.1. The molecule has 1 aromatic heterocycles. The van der Waals surface area contributed by atoms with Crippen LogP contribution in [0.1, 0.15) is 28.5 Å². The van der Waals surface area contributed by atoms with Crippen LogP contribution in [-0.4, -0.2) is 16.0 Å². The molecule has 0 unspecified atom stereocenters. The van der Waals surface area contributed by atoms with Gasteiger partial charge in [-0.3, -0.25) is 4.79 Å². The maximum atomic E-state index is 11.6. The van der Waals surface area contributed by atoms with Crippen LogP contribution in [-0.2, 0) is 0 Å². The number of rotatable bonds is 4. The summed E-state index contributed by atoms with van der Waals surface area (Å²) >= 11 is 0. The third-order valence-electron chi connectivity index (χ3n) is 3.39. The first kappa shape index (κ1) is 16.3. The first-order valence-electron chi connectivity index (χ1n) is 7.13. The monoisotopic (exact) mass is 309 g/mol. The summed E-state index contributed by atoms with van der Waals surface area (Å²) in [5.41, 5.74) is 14.1. The molecule has 2 rings (SSSR count). The van der Waals surface area contributed by atoms with Gasteiger partial charge >= 0.3 is 0 Å². The largest absolute Gasteiger partial charge is 0.508 e. The van der Waals surface area contributed by atoms with Crippen LogP contribution >= 0.6 is 0 Å². The Balaban J connectivity index is 2.60. The molecule has 0 saturated carbocycles. The Labute approximate surface area is 134 Å². The van der Waals surface area contributed by atoms with E-state index < -0.39 is 5.91 Å². The van der Waals surface area contributed by atoms with Crippen molar-refractivity contribution in [3.05, 3.63) is 65.1 Å². The lowest BCUT2D eigenvalue weighted by Gasteiger charge is -2.10. The Morgan fingerprint density at radius 1 is 1.30 bits per heavy atom. The molecular weight excluding hydrogens is 290 g/mol. The van der Waals surface area contributed by atoms with Crippen LogP contribution < -0.4 is 11.5 Å². The molecule has 1 amide bonds. The number of carbonyl (C=O) groups excluding carboxylic acids is 1. The molecular formula is C18H19N3O2. The molecule has 0 radical (unpaired) electrons. The number of hydrogen-bond donors (Lipinski definition) is 3. The van der Waals surface area contributed by atoms with Gasteiger partial charge in [-0.1, -0.05) is 30.4 Å². The number of fused-ring (bicyclic) bond motifs is 1. The number of benzene rings is 1. The van der Waals surface area contributed by atoms with E-state index in [2.05, 4.69) is 4.98 Å². The quantitative estimate of drug-likeness (QED) is 0.596. The zero-order valence-electron chi connectivity index (χ0n) is 13.1. The zero-order chi connectivity index (χ0) is 17.0. The number of allylic oxidation sites excluding steroid dienone is 4. The minimum atomic E-state index is -0.664. The highest BCUT2D eigenvalue weighted by Gasteiger charge is 2.14. The number of aliphatic hydroxyl groups excluding tert-OH is 1. The normalized spacial score (nSPS) is 12.5. The van der Waals surface area contributed by atoms with Crippen molar-refractivity contribution >= 4 is 28.6 Å². The van der Waals surface area contributed by atoms with Gasteiger partial charge in [-0.25, -0.2) is 4.98 Å². The van der Waals surface area contributed by atoms with E-state index in [4.69, 9.17) is 11.5 Å². The lowest BCUT2D eigenvalue weighted by Crippen LogP contribution is -2.16. The van der Waals surface area contributed by atoms with Crippen LogP contribution in [0.2, 0.25) is 0 Å². The number of aromatic nitrogens is 1. The molecule has 0 saturated heterocycles.